The van der Waals surface area contributed by atoms with Gasteiger partial charge in [-0.05, 0) is 45.6 Å². The molecular formula is C16H26N2OS. The van der Waals surface area contributed by atoms with E-state index in [1.807, 2.05) is 5.51 Å². The molecule has 20 heavy (non-hydrogen) atoms. The van der Waals surface area contributed by atoms with Gasteiger partial charge in [0, 0.05) is 23.4 Å². The van der Waals surface area contributed by atoms with Gasteiger partial charge in [-0.25, -0.2) is 4.98 Å². The molecule has 1 aliphatic heterocycles. The van der Waals surface area contributed by atoms with Crippen molar-refractivity contribution in [3.05, 3.63) is 16.1 Å². The van der Waals surface area contributed by atoms with Crippen molar-refractivity contribution in [3.63, 3.8) is 0 Å². The number of rotatable bonds is 4. The fraction of sp³-hybridized carbons (Fsp3) is 0.812. The van der Waals surface area contributed by atoms with E-state index in [1.54, 1.807) is 11.3 Å². The fourth-order valence-corrected chi connectivity index (χ4v) is 4.78. The molecule has 3 unspecified atom stereocenters. The number of aliphatic hydroxyl groups excluding tert-OH is 1. The van der Waals surface area contributed by atoms with Crippen LogP contribution in [0.5, 0.6) is 0 Å². The minimum atomic E-state index is -0.0560. The molecule has 2 aliphatic rings. The number of likely N-dealkylation sites (tertiary alicyclic amines) is 1. The normalized spacial score (nSPS) is 31.8. The van der Waals surface area contributed by atoms with Crippen molar-refractivity contribution in [2.24, 2.45) is 5.92 Å². The maximum atomic E-state index is 10.3. The fourth-order valence-electron chi connectivity index (χ4n) is 4.01. The van der Waals surface area contributed by atoms with Crippen molar-refractivity contribution >= 4 is 11.3 Å². The summed E-state index contributed by atoms with van der Waals surface area (Å²) in [7, 11) is 0. The van der Waals surface area contributed by atoms with E-state index in [0.717, 1.165) is 19.4 Å². The molecule has 0 amide bonds. The van der Waals surface area contributed by atoms with Crippen molar-refractivity contribution in [2.75, 3.05) is 13.1 Å². The highest BCUT2D eigenvalue weighted by Gasteiger charge is 2.36. The molecule has 112 valence electrons. The highest BCUT2D eigenvalue weighted by molar-refractivity contribution is 7.09. The molecule has 1 saturated carbocycles. The minimum absolute atomic E-state index is 0.0560. The Morgan fingerprint density at radius 1 is 1.30 bits per heavy atom. The summed E-state index contributed by atoms with van der Waals surface area (Å²) in [5.41, 5.74) is 3.15. The number of aliphatic hydroxyl groups is 1. The van der Waals surface area contributed by atoms with Gasteiger partial charge in [-0.3, -0.25) is 4.90 Å². The van der Waals surface area contributed by atoms with Crippen LogP contribution in [0, 0.1) is 12.8 Å². The van der Waals surface area contributed by atoms with Crippen LogP contribution in [0.3, 0.4) is 0 Å². The van der Waals surface area contributed by atoms with Crippen molar-refractivity contribution < 1.29 is 5.11 Å². The molecule has 0 radical (unpaired) electrons. The van der Waals surface area contributed by atoms with Crippen molar-refractivity contribution in [3.8, 4) is 0 Å². The van der Waals surface area contributed by atoms with E-state index in [9.17, 15) is 5.11 Å². The molecule has 1 aromatic rings. The zero-order chi connectivity index (χ0) is 13.9. The van der Waals surface area contributed by atoms with E-state index in [2.05, 4.69) is 16.8 Å². The first kappa shape index (κ1) is 14.5. The summed E-state index contributed by atoms with van der Waals surface area (Å²) in [6.07, 6.45) is 8.41. The third-order valence-corrected chi connectivity index (χ3v) is 6.16. The van der Waals surface area contributed by atoms with Crippen LogP contribution in [0.1, 0.15) is 49.1 Å². The molecule has 0 aromatic carbocycles. The Hall–Kier alpha value is -0.450. The molecule has 0 spiro atoms. The number of aromatic nitrogens is 1. The average molecular weight is 294 g/mol. The number of nitrogens with zero attached hydrogens (tertiary/aromatic N) is 2. The molecule has 4 heteroatoms. The summed E-state index contributed by atoms with van der Waals surface area (Å²) in [5.74, 6) is 0.522. The molecule has 1 N–H and O–H groups in total. The van der Waals surface area contributed by atoms with Crippen LogP contribution in [0.4, 0.5) is 0 Å². The maximum Gasteiger partial charge on any atom is 0.0797 e. The van der Waals surface area contributed by atoms with E-state index in [1.165, 1.54) is 49.2 Å². The smallest absolute Gasteiger partial charge is 0.0797 e. The van der Waals surface area contributed by atoms with Gasteiger partial charge >= 0.3 is 0 Å². The number of thiazole rings is 1. The van der Waals surface area contributed by atoms with Gasteiger partial charge < -0.3 is 5.11 Å². The zero-order valence-corrected chi connectivity index (χ0v) is 13.2. The van der Waals surface area contributed by atoms with Gasteiger partial charge in [-0.1, -0.05) is 12.8 Å². The highest BCUT2D eigenvalue weighted by atomic mass is 32.1. The Morgan fingerprint density at radius 2 is 2.15 bits per heavy atom. The average Bonchev–Trinajstić information content (AvgIpc) is 3.06. The van der Waals surface area contributed by atoms with Crippen LogP contribution >= 0.6 is 11.3 Å². The molecule has 1 saturated heterocycles. The van der Waals surface area contributed by atoms with E-state index in [-0.39, 0.29) is 6.10 Å². The molecule has 3 rings (SSSR count). The largest absolute Gasteiger partial charge is 0.393 e. The molecule has 1 aromatic heterocycles. The van der Waals surface area contributed by atoms with Gasteiger partial charge in [0.1, 0.15) is 0 Å². The Bertz CT molecular complexity index is 434. The summed E-state index contributed by atoms with van der Waals surface area (Å²) in [4.78, 5) is 8.41. The Labute approximate surface area is 126 Å². The van der Waals surface area contributed by atoms with Crippen LogP contribution in [0.25, 0.3) is 0 Å². The lowest BCUT2D eigenvalue weighted by Gasteiger charge is -2.37. The van der Waals surface area contributed by atoms with Gasteiger partial charge in [-0.2, -0.15) is 0 Å². The molecule has 0 bridgehead atoms. The summed E-state index contributed by atoms with van der Waals surface area (Å²) in [5, 5.41) is 10.3. The van der Waals surface area contributed by atoms with E-state index in [4.69, 9.17) is 0 Å². The van der Waals surface area contributed by atoms with Gasteiger partial charge in [0.05, 0.1) is 17.3 Å². The van der Waals surface area contributed by atoms with Gasteiger partial charge in [0.2, 0.25) is 0 Å². The first-order valence-corrected chi connectivity index (χ1v) is 8.95. The Kier molecular flexibility index (Phi) is 4.74. The third kappa shape index (κ3) is 3.07. The highest BCUT2D eigenvalue weighted by Crippen LogP contribution is 2.34. The van der Waals surface area contributed by atoms with Crippen molar-refractivity contribution in [1.29, 1.82) is 0 Å². The van der Waals surface area contributed by atoms with E-state index >= 15 is 0 Å². The second-order valence-electron chi connectivity index (χ2n) is 6.37. The first-order valence-electron chi connectivity index (χ1n) is 8.07. The van der Waals surface area contributed by atoms with Gasteiger partial charge in [0.15, 0.2) is 0 Å². The standard InChI is InChI=1S/C16H26N2OS/c1-12-16(20-11-17-12)8-10-18-9-4-6-14(18)13-5-2-3-7-15(13)19/h11,13-15,19H,2-10H2,1H3. The SMILES string of the molecule is Cc1ncsc1CCN1CCCC1C1CCCCC1O. The molecule has 3 nitrogen and oxygen atoms in total. The number of aryl methyl sites for hydroxylation is 1. The number of hydrogen-bond donors (Lipinski definition) is 1. The molecular weight excluding hydrogens is 268 g/mol. The van der Waals surface area contributed by atoms with Crippen LogP contribution < -0.4 is 0 Å². The Morgan fingerprint density at radius 3 is 2.90 bits per heavy atom. The first-order chi connectivity index (χ1) is 9.75. The molecule has 3 atom stereocenters. The topological polar surface area (TPSA) is 36.4 Å². The minimum Gasteiger partial charge on any atom is -0.393 e. The molecule has 1 aliphatic carbocycles. The van der Waals surface area contributed by atoms with E-state index in [0.29, 0.717) is 12.0 Å². The predicted molar refractivity (Wildman–Crippen MR) is 83.1 cm³/mol. The van der Waals surface area contributed by atoms with Crippen molar-refractivity contribution in [1.82, 2.24) is 9.88 Å². The quantitative estimate of drug-likeness (QED) is 0.927. The second-order valence-corrected chi connectivity index (χ2v) is 7.31. The van der Waals surface area contributed by atoms with Gasteiger partial charge in [-0.15, -0.1) is 11.3 Å². The second kappa shape index (κ2) is 6.54. The van der Waals surface area contributed by atoms with Gasteiger partial charge in [0.25, 0.3) is 0 Å². The lowest BCUT2D eigenvalue weighted by atomic mass is 9.80. The summed E-state index contributed by atoms with van der Waals surface area (Å²) in [6, 6.07) is 0.624. The number of hydrogen-bond acceptors (Lipinski definition) is 4. The summed E-state index contributed by atoms with van der Waals surface area (Å²) < 4.78 is 0. The van der Waals surface area contributed by atoms with Crippen LogP contribution in [-0.4, -0.2) is 40.2 Å². The Balaban J connectivity index is 1.59. The zero-order valence-electron chi connectivity index (χ0n) is 12.4. The van der Waals surface area contributed by atoms with Crippen LogP contribution in [0.15, 0.2) is 5.51 Å². The summed E-state index contributed by atoms with van der Waals surface area (Å²) in [6.45, 7) is 4.46. The third-order valence-electron chi connectivity index (χ3n) is 5.16. The maximum absolute atomic E-state index is 10.3. The van der Waals surface area contributed by atoms with Crippen molar-refractivity contribution in [2.45, 2.75) is 64.0 Å². The van der Waals surface area contributed by atoms with E-state index < -0.39 is 0 Å². The monoisotopic (exact) mass is 294 g/mol. The lowest BCUT2D eigenvalue weighted by Crippen LogP contribution is -2.43. The lowest BCUT2D eigenvalue weighted by molar-refractivity contribution is 0.0225. The predicted octanol–water partition coefficient (Wildman–Crippen LogP) is 3.01. The summed E-state index contributed by atoms with van der Waals surface area (Å²) >= 11 is 1.78. The van der Waals surface area contributed by atoms with Crippen LogP contribution in [0.2, 0.25) is 0 Å². The molecule has 2 fully saturated rings. The van der Waals surface area contributed by atoms with Crippen LogP contribution in [-0.2, 0) is 6.42 Å². The molecule has 2 heterocycles.